The fourth-order valence-corrected chi connectivity index (χ4v) is 4.55. The lowest BCUT2D eigenvalue weighted by molar-refractivity contribution is 0.0845. The highest BCUT2D eigenvalue weighted by Gasteiger charge is 2.29. The molecule has 9 nitrogen and oxygen atoms in total. The van der Waals surface area contributed by atoms with Crippen LogP contribution in [0.4, 0.5) is 11.6 Å². The molecule has 30 heavy (non-hydrogen) atoms. The first-order valence-electron chi connectivity index (χ1n) is 11.0. The number of hydrogen-bond acceptors (Lipinski definition) is 8. The van der Waals surface area contributed by atoms with E-state index in [9.17, 15) is 0 Å². The number of fused-ring (bicyclic) bond motifs is 1. The first kappa shape index (κ1) is 18.0. The predicted molar refractivity (Wildman–Crippen MR) is 112 cm³/mol. The van der Waals surface area contributed by atoms with Crippen molar-refractivity contribution < 1.29 is 4.74 Å². The molecule has 156 valence electrons. The second-order valence-electron chi connectivity index (χ2n) is 8.60. The minimum Gasteiger partial charge on any atom is -0.381 e. The van der Waals surface area contributed by atoms with E-state index in [1.807, 2.05) is 6.20 Å². The number of nitrogens with zero attached hydrogens (tertiary/aromatic N) is 7. The van der Waals surface area contributed by atoms with E-state index in [0.29, 0.717) is 17.9 Å². The zero-order chi connectivity index (χ0) is 19.9. The minimum atomic E-state index is 0.315. The predicted octanol–water partition coefficient (Wildman–Crippen LogP) is 2.38. The van der Waals surface area contributed by atoms with Crippen molar-refractivity contribution in [1.82, 2.24) is 29.8 Å². The van der Waals surface area contributed by atoms with Gasteiger partial charge in [-0.2, -0.15) is 9.61 Å². The molecule has 9 heteroatoms. The summed E-state index contributed by atoms with van der Waals surface area (Å²) in [5.41, 5.74) is 4.09. The summed E-state index contributed by atoms with van der Waals surface area (Å²) < 4.78 is 7.29. The van der Waals surface area contributed by atoms with E-state index in [0.717, 1.165) is 74.2 Å². The second kappa shape index (κ2) is 7.46. The molecular weight excluding hydrogens is 380 g/mol. The quantitative estimate of drug-likeness (QED) is 0.690. The van der Waals surface area contributed by atoms with Crippen LogP contribution in [0.1, 0.15) is 55.3 Å². The number of aromatic nitrogens is 6. The van der Waals surface area contributed by atoms with Gasteiger partial charge in [0.15, 0.2) is 0 Å². The van der Waals surface area contributed by atoms with Gasteiger partial charge in [-0.15, -0.1) is 10.2 Å². The molecule has 3 aliphatic rings. The maximum Gasteiger partial charge on any atom is 0.225 e. The van der Waals surface area contributed by atoms with Crippen LogP contribution < -0.4 is 10.2 Å². The van der Waals surface area contributed by atoms with E-state index in [1.54, 1.807) is 10.8 Å². The number of ether oxygens (including phenoxy) is 1. The van der Waals surface area contributed by atoms with Crippen LogP contribution in [0.25, 0.3) is 5.65 Å². The summed E-state index contributed by atoms with van der Waals surface area (Å²) in [6.45, 7) is 3.47. The molecule has 0 bridgehead atoms. The zero-order valence-corrected chi connectivity index (χ0v) is 16.9. The molecule has 2 aliphatic heterocycles. The number of rotatable bonds is 5. The van der Waals surface area contributed by atoms with Crippen molar-refractivity contribution in [3.05, 3.63) is 36.0 Å². The molecule has 1 N–H and O–H groups in total. The van der Waals surface area contributed by atoms with Crippen molar-refractivity contribution in [2.45, 2.75) is 50.0 Å². The largest absolute Gasteiger partial charge is 0.381 e. The Balaban J connectivity index is 1.18. The SMILES string of the molecule is c1cc(C2CCOCC2)nc(N2CCC(Nc3cc(C4CC4)nn4cnnc34)C2)n1. The molecular formula is C21H26N8O. The molecule has 3 aromatic heterocycles. The van der Waals surface area contributed by atoms with Gasteiger partial charge in [0.05, 0.1) is 11.4 Å². The van der Waals surface area contributed by atoms with E-state index < -0.39 is 0 Å². The Bertz CT molecular complexity index is 1040. The summed E-state index contributed by atoms with van der Waals surface area (Å²) in [6.07, 6.45) is 9.14. The van der Waals surface area contributed by atoms with E-state index in [1.165, 1.54) is 12.8 Å². The second-order valence-corrected chi connectivity index (χ2v) is 8.60. The Morgan fingerprint density at radius 2 is 1.90 bits per heavy atom. The van der Waals surface area contributed by atoms with Crippen molar-refractivity contribution in [2.75, 3.05) is 36.5 Å². The number of nitrogens with one attached hydrogen (secondary N) is 1. The van der Waals surface area contributed by atoms with Crippen LogP contribution in [-0.4, -0.2) is 62.1 Å². The molecule has 1 unspecified atom stereocenters. The lowest BCUT2D eigenvalue weighted by atomic mass is 9.96. The fourth-order valence-electron chi connectivity index (χ4n) is 4.55. The Labute approximate surface area is 174 Å². The highest BCUT2D eigenvalue weighted by molar-refractivity contribution is 5.67. The Morgan fingerprint density at radius 1 is 1.03 bits per heavy atom. The van der Waals surface area contributed by atoms with Crippen LogP contribution in [0.3, 0.4) is 0 Å². The molecule has 1 saturated carbocycles. The molecule has 5 heterocycles. The Kier molecular flexibility index (Phi) is 4.48. The number of hydrogen-bond donors (Lipinski definition) is 1. The van der Waals surface area contributed by atoms with E-state index in [-0.39, 0.29) is 0 Å². The molecule has 2 saturated heterocycles. The van der Waals surface area contributed by atoms with Crippen molar-refractivity contribution in [2.24, 2.45) is 0 Å². The van der Waals surface area contributed by atoms with Gasteiger partial charge in [-0.05, 0) is 44.2 Å². The average Bonchev–Trinajstić information content (AvgIpc) is 3.35. The van der Waals surface area contributed by atoms with Gasteiger partial charge in [-0.3, -0.25) is 0 Å². The lowest BCUT2D eigenvalue weighted by Crippen LogP contribution is -2.28. The van der Waals surface area contributed by atoms with Crippen molar-refractivity contribution >= 4 is 17.3 Å². The third-order valence-electron chi connectivity index (χ3n) is 6.42. The van der Waals surface area contributed by atoms with Crippen LogP contribution >= 0.6 is 0 Å². The lowest BCUT2D eigenvalue weighted by Gasteiger charge is -2.23. The van der Waals surface area contributed by atoms with Crippen LogP contribution in [0.5, 0.6) is 0 Å². The van der Waals surface area contributed by atoms with Crippen molar-refractivity contribution in [1.29, 1.82) is 0 Å². The van der Waals surface area contributed by atoms with Crippen LogP contribution in [0, 0.1) is 0 Å². The van der Waals surface area contributed by atoms with Gasteiger partial charge in [0.2, 0.25) is 11.6 Å². The smallest absolute Gasteiger partial charge is 0.225 e. The van der Waals surface area contributed by atoms with E-state index >= 15 is 0 Å². The van der Waals surface area contributed by atoms with Gasteiger partial charge < -0.3 is 15.0 Å². The molecule has 1 atom stereocenters. The summed E-state index contributed by atoms with van der Waals surface area (Å²) in [5.74, 6) is 1.90. The van der Waals surface area contributed by atoms with Crippen molar-refractivity contribution in [3.8, 4) is 0 Å². The van der Waals surface area contributed by atoms with Gasteiger partial charge in [0.25, 0.3) is 0 Å². The third-order valence-corrected chi connectivity index (χ3v) is 6.42. The number of anilines is 2. The monoisotopic (exact) mass is 406 g/mol. The third kappa shape index (κ3) is 3.47. The maximum atomic E-state index is 5.50. The van der Waals surface area contributed by atoms with Gasteiger partial charge >= 0.3 is 0 Å². The Morgan fingerprint density at radius 3 is 2.77 bits per heavy atom. The highest BCUT2D eigenvalue weighted by atomic mass is 16.5. The molecule has 3 fully saturated rings. The normalized spacial score (nSPS) is 22.7. The summed E-state index contributed by atoms with van der Waals surface area (Å²) in [4.78, 5) is 11.7. The summed E-state index contributed by atoms with van der Waals surface area (Å²) in [6, 6.07) is 4.53. The topological polar surface area (TPSA) is 93.4 Å². The van der Waals surface area contributed by atoms with Crippen LogP contribution in [0.15, 0.2) is 24.7 Å². The molecule has 1 aliphatic carbocycles. The highest BCUT2D eigenvalue weighted by Crippen LogP contribution is 2.40. The molecule has 0 aromatic carbocycles. The van der Waals surface area contributed by atoms with Crippen molar-refractivity contribution in [3.63, 3.8) is 0 Å². The van der Waals surface area contributed by atoms with Gasteiger partial charge in [-0.25, -0.2) is 9.97 Å². The van der Waals surface area contributed by atoms with Gasteiger partial charge in [0.1, 0.15) is 6.33 Å². The van der Waals surface area contributed by atoms with Crippen LogP contribution in [-0.2, 0) is 4.74 Å². The maximum absolute atomic E-state index is 5.50. The zero-order valence-electron chi connectivity index (χ0n) is 16.9. The summed E-state index contributed by atoms with van der Waals surface area (Å²) >= 11 is 0. The van der Waals surface area contributed by atoms with E-state index in [2.05, 4.69) is 42.6 Å². The minimum absolute atomic E-state index is 0.315. The standard InChI is InChI=1S/C21H26N8O/c1-2-14(1)18-11-19(20-26-23-13-29(20)27-18)24-16-4-8-28(12-16)21-22-7-3-17(25-21)15-5-9-30-10-6-15/h3,7,11,13-16,24H,1-2,4-6,8-10,12H2. The molecule has 6 rings (SSSR count). The molecule has 0 amide bonds. The summed E-state index contributed by atoms with van der Waals surface area (Å²) in [7, 11) is 0. The first-order valence-corrected chi connectivity index (χ1v) is 11.0. The molecule has 3 aromatic rings. The van der Waals surface area contributed by atoms with Crippen LogP contribution in [0.2, 0.25) is 0 Å². The Hall–Kier alpha value is -2.81. The average molecular weight is 406 g/mol. The van der Waals surface area contributed by atoms with E-state index in [4.69, 9.17) is 9.72 Å². The molecule has 0 spiro atoms. The van der Waals surface area contributed by atoms with Gasteiger partial charge in [0, 0.05) is 56.1 Å². The van der Waals surface area contributed by atoms with Gasteiger partial charge in [-0.1, -0.05) is 0 Å². The first-order chi connectivity index (χ1) is 14.8. The fraction of sp³-hybridized carbons (Fsp3) is 0.571. The summed E-state index contributed by atoms with van der Waals surface area (Å²) in [5, 5.41) is 16.7. The molecule has 0 radical (unpaired) electrons.